The van der Waals surface area contributed by atoms with Gasteiger partial charge in [0, 0.05) is 36.0 Å². The van der Waals surface area contributed by atoms with Gasteiger partial charge in [0.25, 0.3) is 0 Å². The zero-order valence-electron chi connectivity index (χ0n) is 17.6. The first-order chi connectivity index (χ1) is 15.1. The van der Waals surface area contributed by atoms with Crippen molar-refractivity contribution in [3.8, 4) is 11.3 Å². The third-order valence-corrected chi connectivity index (χ3v) is 7.37. The molecule has 7 nitrogen and oxygen atoms in total. The number of rotatable bonds is 7. The maximum absolute atomic E-state index is 13.4. The summed E-state index contributed by atoms with van der Waals surface area (Å²) in [7, 11) is -1.43. The van der Waals surface area contributed by atoms with Crippen LogP contribution in [0.3, 0.4) is 0 Å². The van der Waals surface area contributed by atoms with Crippen molar-refractivity contribution >= 4 is 26.4 Å². The number of hydrogen-bond acceptors (Lipinski definition) is 5. The zero-order valence-corrected chi connectivity index (χ0v) is 18.4. The minimum absolute atomic E-state index is 0.0460. The third-order valence-electron chi connectivity index (χ3n) is 5.65. The second kappa shape index (κ2) is 8.78. The average molecular weight is 471 g/mol. The first-order valence-electron chi connectivity index (χ1n) is 10.3. The molecule has 0 bridgehead atoms. The average Bonchev–Trinajstić information content (AvgIpc) is 3.32. The topological polar surface area (TPSA) is 78.1 Å². The molecule has 1 N–H and O–H groups in total. The van der Waals surface area contributed by atoms with Gasteiger partial charge in [-0.2, -0.15) is 18.3 Å². The van der Waals surface area contributed by atoms with Crippen molar-refractivity contribution in [2.45, 2.75) is 38.1 Å². The van der Waals surface area contributed by atoms with E-state index in [0.29, 0.717) is 53.8 Å². The second-order valence-electron chi connectivity index (χ2n) is 8.02. The molecule has 174 valence electrons. The first-order valence-corrected chi connectivity index (χ1v) is 12.1. The molecule has 32 heavy (non-hydrogen) atoms. The van der Waals surface area contributed by atoms with Crippen LogP contribution in [0.1, 0.15) is 12.8 Å². The van der Waals surface area contributed by atoms with Crippen molar-refractivity contribution in [3.05, 3.63) is 36.7 Å². The molecule has 1 aromatic carbocycles. The van der Waals surface area contributed by atoms with Gasteiger partial charge in [0.15, 0.2) is 0 Å². The Kier molecular flexibility index (Phi) is 6.22. The molecule has 1 aliphatic rings. The third kappa shape index (κ3) is 5.09. The van der Waals surface area contributed by atoms with Crippen molar-refractivity contribution in [2.75, 3.05) is 30.5 Å². The summed E-state index contributed by atoms with van der Waals surface area (Å²) in [5, 5.41) is 8.25. The van der Waals surface area contributed by atoms with Crippen LogP contribution in [-0.2, 0) is 27.7 Å². The van der Waals surface area contributed by atoms with Gasteiger partial charge in [0.05, 0.1) is 42.1 Å². The van der Waals surface area contributed by atoms with Crippen LogP contribution in [0.4, 0.5) is 18.9 Å². The van der Waals surface area contributed by atoms with E-state index in [9.17, 15) is 21.6 Å². The summed E-state index contributed by atoms with van der Waals surface area (Å²) >= 11 is 0. The number of sulfone groups is 1. The summed E-state index contributed by atoms with van der Waals surface area (Å²) in [5.74, 6) is 0.225. The maximum atomic E-state index is 13.4. The van der Waals surface area contributed by atoms with Gasteiger partial charge in [0.1, 0.15) is 16.4 Å². The number of ether oxygens (including phenoxy) is 1. The Balaban J connectivity index is 1.72. The number of anilines is 1. The lowest BCUT2D eigenvalue weighted by molar-refractivity contribution is -0.139. The Bertz CT molecular complexity index is 1190. The lowest BCUT2D eigenvalue weighted by Gasteiger charge is -2.24. The fourth-order valence-electron chi connectivity index (χ4n) is 4.06. The van der Waals surface area contributed by atoms with E-state index in [1.807, 2.05) is 6.07 Å². The lowest BCUT2D eigenvalue weighted by Crippen LogP contribution is -2.32. The van der Waals surface area contributed by atoms with E-state index in [2.05, 4.69) is 10.4 Å². The second-order valence-corrected chi connectivity index (χ2v) is 10.3. The van der Waals surface area contributed by atoms with E-state index < -0.39 is 22.6 Å². The SMILES string of the molecule is COCCn1cc(-c2cc3c(NC4CCS(=O)(=O)CC4)cccc3n2CC(F)(F)F)cn1. The Morgan fingerprint density at radius 2 is 2.00 bits per heavy atom. The predicted molar refractivity (Wildman–Crippen MR) is 116 cm³/mol. The van der Waals surface area contributed by atoms with Gasteiger partial charge >= 0.3 is 6.18 Å². The lowest BCUT2D eigenvalue weighted by atomic mass is 10.1. The van der Waals surface area contributed by atoms with Crippen LogP contribution in [0.2, 0.25) is 0 Å². The number of methoxy groups -OCH3 is 1. The van der Waals surface area contributed by atoms with Gasteiger partial charge in [-0.25, -0.2) is 8.42 Å². The van der Waals surface area contributed by atoms with Gasteiger partial charge in [0.2, 0.25) is 0 Å². The number of fused-ring (bicyclic) bond motifs is 1. The highest BCUT2D eigenvalue weighted by Gasteiger charge is 2.31. The van der Waals surface area contributed by atoms with Gasteiger partial charge < -0.3 is 14.6 Å². The standard InChI is InChI=1S/C21H25F3N4O3S/c1-31-8-7-27-13-15(12-25-27)20-11-17-18(26-16-5-9-32(29,30)10-6-16)3-2-4-19(17)28(20)14-21(22,23)24/h2-4,11-13,16,26H,5-10,14H2,1H3. The zero-order chi connectivity index (χ0) is 22.9. The molecular weight excluding hydrogens is 445 g/mol. The molecule has 0 radical (unpaired) electrons. The molecule has 3 aromatic rings. The number of nitrogens with one attached hydrogen (secondary N) is 1. The van der Waals surface area contributed by atoms with Crippen LogP contribution in [0.5, 0.6) is 0 Å². The molecule has 0 spiro atoms. The highest BCUT2D eigenvalue weighted by molar-refractivity contribution is 7.91. The van der Waals surface area contributed by atoms with E-state index in [1.54, 1.807) is 42.4 Å². The Morgan fingerprint density at radius 1 is 1.25 bits per heavy atom. The molecule has 11 heteroatoms. The van der Waals surface area contributed by atoms with Crippen molar-refractivity contribution < 1.29 is 26.3 Å². The van der Waals surface area contributed by atoms with Gasteiger partial charge in [-0.05, 0) is 31.0 Å². The molecule has 4 rings (SSSR count). The van der Waals surface area contributed by atoms with Crippen molar-refractivity contribution in [1.29, 1.82) is 0 Å². The van der Waals surface area contributed by atoms with E-state index >= 15 is 0 Å². The van der Waals surface area contributed by atoms with Crippen molar-refractivity contribution in [3.63, 3.8) is 0 Å². The van der Waals surface area contributed by atoms with Crippen LogP contribution >= 0.6 is 0 Å². The fraction of sp³-hybridized carbons (Fsp3) is 0.476. The number of halogens is 3. The number of benzene rings is 1. The minimum atomic E-state index is -4.39. The summed E-state index contributed by atoms with van der Waals surface area (Å²) in [6.45, 7) is -0.189. The maximum Gasteiger partial charge on any atom is 0.406 e. The van der Waals surface area contributed by atoms with E-state index in [0.717, 1.165) is 0 Å². The van der Waals surface area contributed by atoms with Crippen LogP contribution in [0, 0.1) is 0 Å². The molecule has 0 saturated carbocycles. The number of hydrogen-bond donors (Lipinski definition) is 1. The molecule has 1 fully saturated rings. The molecule has 1 aliphatic heterocycles. The quantitative estimate of drug-likeness (QED) is 0.570. The summed E-state index contributed by atoms with van der Waals surface area (Å²) in [5.41, 5.74) is 2.15. The van der Waals surface area contributed by atoms with E-state index in [1.165, 1.54) is 4.57 Å². The minimum Gasteiger partial charge on any atom is -0.383 e. The van der Waals surface area contributed by atoms with Crippen LogP contribution in [-0.4, -0.2) is 60.2 Å². The Morgan fingerprint density at radius 3 is 2.69 bits per heavy atom. The van der Waals surface area contributed by atoms with Gasteiger partial charge in [-0.15, -0.1) is 0 Å². The molecular formula is C21H25F3N4O3S. The van der Waals surface area contributed by atoms with Crippen LogP contribution in [0.25, 0.3) is 22.2 Å². The molecule has 3 heterocycles. The number of alkyl halides is 3. The monoisotopic (exact) mass is 470 g/mol. The summed E-state index contributed by atoms with van der Waals surface area (Å²) in [4.78, 5) is 0. The molecule has 0 unspecified atom stereocenters. The Labute approximate surface area is 184 Å². The molecule has 0 aliphatic carbocycles. The van der Waals surface area contributed by atoms with Crippen molar-refractivity contribution in [1.82, 2.24) is 14.3 Å². The smallest absolute Gasteiger partial charge is 0.383 e. The van der Waals surface area contributed by atoms with E-state index in [4.69, 9.17) is 4.74 Å². The molecule has 2 aromatic heterocycles. The summed E-state index contributed by atoms with van der Waals surface area (Å²) in [6.07, 6.45) is -0.189. The van der Waals surface area contributed by atoms with Crippen LogP contribution < -0.4 is 5.32 Å². The Hall–Kier alpha value is -2.53. The predicted octanol–water partition coefficient (Wildman–Crippen LogP) is 3.70. The number of nitrogens with zero attached hydrogens (tertiary/aromatic N) is 3. The molecule has 0 amide bonds. The first kappa shape index (κ1) is 22.7. The highest BCUT2D eigenvalue weighted by Crippen LogP contribution is 2.35. The van der Waals surface area contributed by atoms with Crippen molar-refractivity contribution in [2.24, 2.45) is 0 Å². The highest BCUT2D eigenvalue weighted by atomic mass is 32.2. The fourth-order valence-corrected chi connectivity index (χ4v) is 5.55. The van der Waals surface area contributed by atoms with E-state index in [-0.39, 0.29) is 17.5 Å². The number of aromatic nitrogens is 3. The molecule has 1 saturated heterocycles. The van der Waals surface area contributed by atoms with Crippen LogP contribution in [0.15, 0.2) is 36.7 Å². The normalized spacial score (nSPS) is 17.1. The van der Waals surface area contributed by atoms with Gasteiger partial charge in [-0.3, -0.25) is 4.68 Å². The van der Waals surface area contributed by atoms with Gasteiger partial charge in [-0.1, -0.05) is 6.07 Å². The summed E-state index contributed by atoms with van der Waals surface area (Å²) < 4.78 is 71.6. The largest absolute Gasteiger partial charge is 0.406 e. The summed E-state index contributed by atoms with van der Waals surface area (Å²) in [6, 6.07) is 6.88. The molecule has 0 atom stereocenters.